The molecule has 0 radical (unpaired) electrons. The van der Waals surface area contributed by atoms with E-state index < -0.39 is 0 Å². The average Bonchev–Trinajstić information content (AvgIpc) is 3.22. The number of piperazine rings is 1. The number of carbonyl (C=O) groups is 1. The van der Waals surface area contributed by atoms with Crippen LogP contribution >= 0.6 is 0 Å². The summed E-state index contributed by atoms with van der Waals surface area (Å²) in [7, 11) is 1.63. The van der Waals surface area contributed by atoms with Gasteiger partial charge in [0.2, 0.25) is 5.91 Å². The van der Waals surface area contributed by atoms with Gasteiger partial charge in [-0.05, 0) is 61.8 Å². The van der Waals surface area contributed by atoms with E-state index in [1.807, 2.05) is 18.2 Å². The van der Waals surface area contributed by atoms with Crippen molar-refractivity contribution in [2.45, 2.75) is 31.6 Å². The number of hydrogen-bond acceptors (Lipinski definition) is 4. The van der Waals surface area contributed by atoms with Gasteiger partial charge >= 0.3 is 0 Å². The Morgan fingerprint density at radius 1 is 1.03 bits per heavy atom. The quantitative estimate of drug-likeness (QED) is 0.608. The molecule has 1 aliphatic carbocycles. The maximum atomic E-state index is 13.8. The van der Waals surface area contributed by atoms with Crippen LogP contribution in [-0.2, 0) is 4.79 Å². The second-order valence-electron chi connectivity index (χ2n) is 10.2. The molecule has 3 atom stereocenters. The summed E-state index contributed by atoms with van der Waals surface area (Å²) in [5.41, 5.74) is 1.95. The van der Waals surface area contributed by atoms with Crippen LogP contribution in [0.5, 0.6) is 5.75 Å². The number of hydrogen-bond donors (Lipinski definition) is 0. The van der Waals surface area contributed by atoms with Gasteiger partial charge in [0.25, 0.3) is 0 Å². The molecule has 5 nitrogen and oxygen atoms in total. The van der Waals surface area contributed by atoms with Gasteiger partial charge in [0.05, 0.1) is 18.7 Å². The Balaban J connectivity index is 1.21. The van der Waals surface area contributed by atoms with Gasteiger partial charge < -0.3 is 14.5 Å². The lowest BCUT2D eigenvalue weighted by atomic mass is 9.91. The molecule has 3 unspecified atom stereocenters. The fraction of sp³-hybridized carbons (Fsp3) is 0.536. The Bertz CT molecular complexity index is 965. The molecule has 3 fully saturated rings. The summed E-state index contributed by atoms with van der Waals surface area (Å²) in [6.07, 6.45) is 4.70. The highest BCUT2D eigenvalue weighted by atomic mass is 19.1. The van der Waals surface area contributed by atoms with Crippen molar-refractivity contribution < 1.29 is 13.9 Å². The van der Waals surface area contributed by atoms with Crippen molar-refractivity contribution in [2.24, 2.45) is 11.8 Å². The molecular formula is C28H36FN3O2. The zero-order valence-electron chi connectivity index (χ0n) is 20.2. The fourth-order valence-corrected chi connectivity index (χ4v) is 6.16. The molecule has 0 spiro atoms. The SMILES string of the molecule is COc1ccc(F)cc1N1CCN(CCC(C(=O)N2CC3CCC(C3)C2)c2ccccc2)CC1. The van der Waals surface area contributed by atoms with Crippen LogP contribution in [0.4, 0.5) is 10.1 Å². The van der Waals surface area contributed by atoms with Gasteiger partial charge in [0.1, 0.15) is 11.6 Å². The monoisotopic (exact) mass is 465 g/mol. The Kier molecular flexibility index (Phi) is 7.05. The van der Waals surface area contributed by atoms with Crippen LogP contribution in [0.25, 0.3) is 0 Å². The van der Waals surface area contributed by atoms with Crippen molar-refractivity contribution >= 4 is 11.6 Å². The molecule has 0 aromatic heterocycles. The van der Waals surface area contributed by atoms with E-state index in [1.54, 1.807) is 19.2 Å². The number of fused-ring (bicyclic) bond motifs is 2. The number of piperidine rings is 1. The lowest BCUT2D eigenvalue weighted by molar-refractivity contribution is -0.135. The van der Waals surface area contributed by atoms with E-state index in [0.29, 0.717) is 23.5 Å². The first kappa shape index (κ1) is 23.2. The first-order valence-corrected chi connectivity index (χ1v) is 12.8. The van der Waals surface area contributed by atoms with Crippen molar-refractivity contribution in [3.63, 3.8) is 0 Å². The molecule has 1 amide bonds. The molecule has 182 valence electrons. The topological polar surface area (TPSA) is 36.0 Å². The summed E-state index contributed by atoms with van der Waals surface area (Å²) in [5.74, 6) is 2.10. The molecule has 2 heterocycles. The number of halogens is 1. The minimum Gasteiger partial charge on any atom is -0.495 e. The maximum Gasteiger partial charge on any atom is 0.230 e. The van der Waals surface area contributed by atoms with Crippen molar-refractivity contribution in [3.8, 4) is 5.75 Å². The summed E-state index contributed by atoms with van der Waals surface area (Å²) < 4.78 is 19.3. The number of carbonyl (C=O) groups excluding carboxylic acids is 1. The number of methoxy groups -OCH3 is 1. The molecule has 2 aromatic rings. The van der Waals surface area contributed by atoms with E-state index in [2.05, 4.69) is 26.8 Å². The van der Waals surface area contributed by atoms with Gasteiger partial charge in [-0.1, -0.05) is 30.3 Å². The van der Waals surface area contributed by atoms with E-state index in [9.17, 15) is 9.18 Å². The van der Waals surface area contributed by atoms with Crippen LogP contribution in [0.1, 0.15) is 37.2 Å². The molecule has 5 rings (SSSR count). The Labute approximate surface area is 202 Å². The van der Waals surface area contributed by atoms with Gasteiger partial charge in [0, 0.05) is 45.3 Å². The van der Waals surface area contributed by atoms with Gasteiger partial charge in [0.15, 0.2) is 0 Å². The van der Waals surface area contributed by atoms with E-state index in [1.165, 1.54) is 25.3 Å². The number of ether oxygens (including phenoxy) is 1. The minimum absolute atomic E-state index is 0.0833. The molecular weight excluding hydrogens is 429 g/mol. The van der Waals surface area contributed by atoms with Gasteiger partial charge in [-0.3, -0.25) is 9.69 Å². The van der Waals surface area contributed by atoms with Crippen molar-refractivity contribution in [3.05, 3.63) is 59.9 Å². The predicted octanol–water partition coefficient (Wildman–Crippen LogP) is 4.39. The number of benzene rings is 2. The van der Waals surface area contributed by atoms with Gasteiger partial charge in [-0.25, -0.2) is 4.39 Å². The summed E-state index contributed by atoms with van der Waals surface area (Å²) >= 11 is 0. The number of amides is 1. The standard InChI is InChI=1S/C28H36FN3O2/c1-34-27-10-9-24(29)18-26(27)31-15-13-30(14-16-31)12-11-25(23-5-3-2-4-6-23)28(33)32-19-21-7-8-22(17-21)20-32/h2-6,9-10,18,21-22,25H,7-8,11-17,19-20H2,1H3. The molecule has 2 bridgehead atoms. The zero-order chi connectivity index (χ0) is 23.5. The van der Waals surface area contributed by atoms with Crippen molar-refractivity contribution in [2.75, 3.05) is 57.8 Å². The Morgan fingerprint density at radius 3 is 2.41 bits per heavy atom. The average molecular weight is 466 g/mol. The maximum absolute atomic E-state index is 13.8. The molecule has 1 saturated carbocycles. The Hall–Kier alpha value is -2.60. The zero-order valence-corrected chi connectivity index (χ0v) is 20.2. The number of likely N-dealkylation sites (tertiary alicyclic amines) is 1. The third-order valence-electron chi connectivity index (χ3n) is 8.01. The summed E-state index contributed by atoms with van der Waals surface area (Å²) in [6.45, 7) is 6.19. The summed E-state index contributed by atoms with van der Waals surface area (Å²) in [6, 6.07) is 15.0. The van der Waals surface area contributed by atoms with E-state index in [4.69, 9.17) is 4.74 Å². The molecule has 34 heavy (non-hydrogen) atoms. The second kappa shape index (κ2) is 10.3. The smallest absolute Gasteiger partial charge is 0.230 e. The van der Waals surface area contributed by atoms with Crippen LogP contribution in [0.3, 0.4) is 0 Å². The Morgan fingerprint density at radius 2 is 1.74 bits per heavy atom. The highest BCUT2D eigenvalue weighted by Gasteiger charge is 2.37. The second-order valence-corrected chi connectivity index (χ2v) is 10.2. The third kappa shape index (κ3) is 5.07. The van der Waals surface area contributed by atoms with Gasteiger partial charge in [-0.2, -0.15) is 0 Å². The molecule has 2 aromatic carbocycles. The van der Waals surface area contributed by atoms with Crippen LogP contribution in [0.2, 0.25) is 0 Å². The molecule has 2 saturated heterocycles. The lowest BCUT2D eigenvalue weighted by Gasteiger charge is -2.38. The highest BCUT2D eigenvalue weighted by Crippen LogP contribution is 2.38. The molecule has 2 aliphatic heterocycles. The lowest BCUT2D eigenvalue weighted by Crippen LogP contribution is -2.48. The van der Waals surface area contributed by atoms with E-state index in [-0.39, 0.29) is 11.7 Å². The van der Waals surface area contributed by atoms with Gasteiger partial charge in [-0.15, -0.1) is 0 Å². The van der Waals surface area contributed by atoms with Crippen molar-refractivity contribution in [1.29, 1.82) is 0 Å². The number of nitrogens with zero attached hydrogens (tertiary/aromatic N) is 3. The summed E-state index contributed by atoms with van der Waals surface area (Å²) in [5, 5.41) is 0. The van der Waals surface area contributed by atoms with Crippen LogP contribution in [-0.4, -0.2) is 68.6 Å². The van der Waals surface area contributed by atoms with Crippen LogP contribution in [0.15, 0.2) is 48.5 Å². The predicted molar refractivity (Wildman–Crippen MR) is 133 cm³/mol. The molecule has 6 heteroatoms. The summed E-state index contributed by atoms with van der Waals surface area (Å²) in [4.78, 5) is 20.5. The third-order valence-corrected chi connectivity index (χ3v) is 8.01. The minimum atomic E-state index is -0.242. The number of rotatable bonds is 7. The largest absolute Gasteiger partial charge is 0.495 e. The molecule has 3 aliphatic rings. The fourth-order valence-electron chi connectivity index (χ4n) is 6.16. The first-order chi connectivity index (χ1) is 16.6. The normalized spacial score (nSPS) is 23.7. The van der Waals surface area contributed by atoms with E-state index in [0.717, 1.165) is 63.5 Å². The van der Waals surface area contributed by atoms with E-state index >= 15 is 0 Å². The highest BCUT2D eigenvalue weighted by molar-refractivity contribution is 5.84. The van der Waals surface area contributed by atoms with Crippen molar-refractivity contribution in [1.82, 2.24) is 9.80 Å². The van der Waals surface area contributed by atoms with Crippen LogP contribution < -0.4 is 9.64 Å². The number of anilines is 1. The first-order valence-electron chi connectivity index (χ1n) is 12.8. The molecule has 0 N–H and O–H groups in total. The van der Waals surface area contributed by atoms with Crippen LogP contribution in [0, 0.1) is 17.7 Å².